The summed E-state index contributed by atoms with van der Waals surface area (Å²) in [5, 5.41) is 38.1. The van der Waals surface area contributed by atoms with Gasteiger partial charge in [-0.25, -0.2) is 0 Å². The smallest absolute Gasteiger partial charge is 0.420 e. The van der Waals surface area contributed by atoms with Gasteiger partial charge in [0, 0.05) is 4.47 Å². The van der Waals surface area contributed by atoms with Crippen molar-refractivity contribution in [2.45, 2.75) is 36.9 Å². The molecule has 1 aromatic carbocycles. The van der Waals surface area contributed by atoms with E-state index in [4.69, 9.17) is 14.6 Å². The van der Waals surface area contributed by atoms with E-state index < -0.39 is 54.8 Å². The highest BCUT2D eigenvalue weighted by Crippen LogP contribution is 2.39. The summed E-state index contributed by atoms with van der Waals surface area (Å²) in [4.78, 5) is 0. The molecule has 10 heteroatoms. The Morgan fingerprint density at radius 2 is 1.78 bits per heavy atom. The van der Waals surface area contributed by atoms with Crippen molar-refractivity contribution >= 4 is 15.9 Å². The van der Waals surface area contributed by atoms with Gasteiger partial charge in [-0.15, -0.1) is 0 Å². The molecule has 0 bridgehead atoms. The fraction of sp³-hybridized carbons (Fsp3) is 0.538. The number of hydrogen-bond donors (Lipinski definition) is 4. The molecule has 0 amide bonds. The van der Waals surface area contributed by atoms with Gasteiger partial charge in [0.2, 0.25) is 6.29 Å². The molecular weight excluding hydrogens is 389 g/mol. The lowest BCUT2D eigenvalue weighted by Crippen LogP contribution is -2.60. The SMILES string of the molecule is OCC1OC(Oc2ccc(Br)cc2C(F)(F)F)C(O)C(O)C1O. The summed E-state index contributed by atoms with van der Waals surface area (Å²) in [5.74, 6) is -0.620. The van der Waals surface area contributed by atoms with Crippen molar-refractivity contribution in [1.29, 1.82) is 0 Å². The van der Waals surface area contributed by atoms with Crippen LogP contribution in [0.5, 0.6) is 5.75 Å². The van der Waals surface area contributed by atoms with Crippen molar-refractivity contribution in [2.75, 3.05) is 6.61 Å². The van der Waals surface area contributed by atoms with Crippen molar-refractivity contribution in [3.63, 3.8) is 0 Å². The number of aliphatic hydroxyl groups is 4. The van der Waals surface area contributed by atoms with Crippen molar-refractivity contribution in [1.82, 2.24) is 0 Å². The van der Waals surface area contributed by atoms with Crippen molar-refractivity contribution in [3.05, 3.63) is 28.2 Å². The van der Waals surface area contributed by atoms with Gasteiger partial charge < -0.3 is 29.9 Å². The monoisotopic (exact) mass is 402 g/mol. The molecule has 1 heterocycles. The van der Waals surface area contributed by atoms with Crippen LogP contribution < -0.4 is 4.74 Å². The zero-order valence-corrected chi connectivity index (χ0v) is 13.0. The van der Waals surface area contributed by atoms with Crippen LogP contribution in [0.3, 0.4) is 0 Å². The van der Waals surface area contributed by atoms with Gasteiger partial charge in [-0.3, -0.25) is 0 Å². The molecule has 4 N–H and O–H groups in total. The third-order valence-electron chi connectivity index (χ3n) is 3.34. The van der Waals surface area contributed by atoms with E-state index in [0.29, 0.717) is 0 Å². The fourth-order valence-corrected chi connectivity index (χ4v) is 2.48. The first-order valence-electron chi connectivity index (χ1n) is 6.49. The molecule has 6 nitrogen and oxygen atoms in total. The van der Waals surface area contributed by atoms with Gasteiger partial charge in [0.15, 0.2) is 0 Å². The lowest BCUT2D eigenvalue weighted by Gasteiger charge is -2.39. The summed E-state index contributed by atoms with van der Waals surface area (Å²) in [5.41, 5.74) is -1.11. The topological polar surface area (TPSA) is 99.4 Å². The molecular formula is C13H14BrF3O6. The number of halogens is 4. The second kappa shape index (κ2) is 6.91. The molecule has 1 saturated heterocycles. The maximum Gasteiger partial charge on any atom is 0.420 e. The van der Waals surface area contributed by atoms with E-state index in [1.54, 1.807) is 0 Å². The number of alkyl halides is 3. The third kappa shape index (κ3) is 3.95. The Kier molecular flexibility index (Phi) is 5.54. The van der Waals surface area contributed by atoms with Crippen molar-refractivity contribution < 1.29 is 43.1 Å². The molecule has 23 heavy (non-hydrogen) atoms. The summed E-state index contributed by atoms with van der Waals surface area (Å²) in [6.45, 7) is -0.711. The summed E-state index contributed by atoms with van der Waals surface area (Å²) in [7, 11) is 0. The van der Waals surface area contributed by atoms with Crippen LogP contribution in [0.25, 0.3) is 0 Å². The van der Waals surface area contributed by atoms with Gasteiger partial charge in [-0.05, 0) is 18.2 Å². The van der Waals surface area contributed by atoms with E-state index in [1.165, 1.54) is 6.07 Å². The van der Waals surface area contributed by atoms with Crippen molar-refractivity contribution in [2.24, 2.45) is 0 Å². The third-order valence-corrected chi connectivity index (χ3v) is 3.83. The summed E-state index contributed by atoms with van der Waals surface area (Å²) in [6, 6.07) is 3.11. The molecule has 1 aliphatic heterocycles. The molecule has 1 fully saturated rings. The minimum Gasteiger partial charge on any atom is -0.461 e. The van der Waals surface area contributed by atoms with Crippen LogP contribution in [-0.4, -0.2) is 57.7 Å². The Balaban J connectivity index is 2.28. The number of aliphatic hydroxyl groups excluding tert-OH is 4. The lowest BCUT2D eigenvalue weighted by molar-refractivity contribution is -0.278. The van der Waals surface area contributed by atoms with Crippen LogP contribution in [0.15, 0.2) is 22.7 Å². The predicted molar refractivity (Wildman–Crippen MR) is 73.5 cm³/mol. The average molecular weight is 403 g/mol. The van der Waals surface area contributed by atoms with Gasteiger partial charge >= 0.3 is 6.18 Å². The quantitative estimate of drug-likeness (QED) is 0.592. The highest BCUT2D eigenvalue weighted by Gasteiger charge is 2.45. The van der Waals surface area contributed by atoms with Crippen LogP contribution in [-0.2, 0) is 10.9 Å². The molecule has 5 unspecified atom stereocenters. The number of benzene rings is 1. The Labute approximate surface area is 137 Å². The highest BCUT2D eigenvalue weighted by molar-refractivity contribution is 9.10. The first-order chi connectivity index (χ1) is 10.6. The number of hydrogen-bond acceptors (Lipinski definition) is 6. The van der Waals surface area contributed by atoms with Gasteiger partial charge in [0.1, 0.15) is 30.2 Å². The maximum atomic E-state index is 13.0. The summed E-state index contributed by atoms with van der Waals surface area (Å²) in [6.07, 6.45) is -12.8. The Morgan fingerprint density at radius 1 is 1.13 bits per heavy atom. The molecule has 0 spiro atoms. The molecule has 130 valence electrons. The van der Waals surface area contributed by atoms with Gasteiger partial charge in [-0.2, -0.15) is 13.2 Å². The minimum atomic E-state index is -4.72. The zero-order chi connectivity index (χ0) is 17.4. The second-order valence-corrected chi connectivity index (χ2v) is 5.87. The first kappa shape index (κ1) is 18.4. The summed E-state index contributed by atoms with van der Waals surface area (Å²) >= 11 is 2.92. The van der Waals surface area contributed by atoms with E-state index >= 15 is 0 Å². The van der Waals surface area contributed by atoms with Crippen molar-refractivity contribution in [3.8, 4) is 5.75 Å². The van der Waals surface area contributed by atoms with E-state index in [9.17, 15) is 28.5 Å². The molecule has 2 rings (SSSR count). The molecule has 5 atom stereocenters. The van der Waals surface area contributed by atoms with Crippen LogP contribution in [0, 0.1) is 0 Å². The molecule has 1 aliphatic rings. The van der Waals surface area contributed by atoms with E-state index in [0.717, 1.165) is 12.1 Å². The maximum absolute atomic E-state index is 13.0. The largest absolute Gasteiger partial charge is 0.461 e. The number of ether oxygens (including phenoxy) is 2. The standard InChI is InChI=1S/C13H14BrF3O6/c14-5-1-2-7(6(3-5)13(15,16)17)22-12-11(21)10(20)9(19)8(4-18)23-12/h1-3,8-12,18-21H,4H2. The van der Waals surface area contributed by atoms with Gasteiger partial charge in [-0.1, -0.05) is 15.9 Å². The van der Waals surface area contributed by atoms with Gasteiger partial charge in [0.25, 0.3) is 0 Å². The molecule has 1 aromatic rings. The highest BCUT2D eigenvalue weighted by atomic mass is 79.9. The Hall–Kier alpha value is -0.910. The van der Waals surface area contributed by atoms with Crippen LogP contribution in [0.2, 0.25) is 0 Å². The Morgan fingerprint density at radius 3 is 2.35 bits per heavy atom. The Bertz CT molecular complexity index is 553. The zero-order valence-electron chi connectivity index (χ0n) is 11.4. The minimum absolute atomic E-state index is 0.172. The molecule has 0 radical (unpaired) electrons. The van der Waals surface area contributed by atoms with E-state index in [2.05, 4.69) is 15.9 Å². The summed E-state index contributed by atoms with van der Waals surface area (Å²) < 4.78 is 49.3. The van der Waals surface area contributed by atoms with Gasteiger partial charge in [0.05, 0.1) is 12.2 Å². The first-order valence-corrected chi connectivity index (χ1v) is 7.28. The number of rotatable bonds is 3. The fourth-order valence-electron chi connectivity index (χ4n) is 2.12. The van der Waals surface area contributed by atoms with E-state index in [1.807, 2.05) is 0 Å². The molecule has 0 saturated carbocycles. The van der Waals surface area contributed by atoms with E-state index in [-0.39, 0.29) is 4.47 Å². The molecule has 0 aliphatic carbocycles. The van der Waals surface area contributed by atoms with Crippen LogP contribution >= 0.6 is 15.9 Å². The predicted octanol–water partition coefficient (Wildman–Crippen LogP) is 0.647. The average Bonchev–Trinajstić information content (AvgIpc) is 2.48. The molecule has 0 aromatic heterocycles. The van der Waals surface area contributed by atoms with Crippen LogP contribution in [0.4, 0.5) is 13.2 Å². The lowest BCUT2D eigenvalue weighted by atomic mass is 9.99. The van der Waals surface area contributed by atoms with Crippen LogP contribution in [0.1, 0.15) is 5.56 Å². The normalized spacial score (nSPS) is 31.9. The second-order valence-electron chi connectivity index (χ2n) is 4.95.